The number of ether oxygens (including phenoxy) is 1. The van der Waals surface area contributed by atoms with Gasteiger partial charge >= 0.3 is 6.01 Å². The van der Waals surface area contributed by atoms with Crippen molar-refractivity contribution < 1.29 is 9.13 Å². The molecule has 0 radical (unpaired) electrons. The van der Waals surface area contributed by atoms with E-state index in [1.165, 1.54) is 24.4 Å². The van der Waals surface area contributed by atoms with Gasteiger partial charge < -0.3 is 4.74 Å². The SMILES string of the molecule is N#Cc1ccnc(Oc2cc(F)cc(Br)c2)n1. The van der Waals surface area contributed by atoms with Gasteiger partial charge in [-0.2, -0.15) is 10.2 Å². The van der Waals surface area contributed by atoms with Crippen molar-refractivity contribution in [2.45, 2.75) is 0 Å². The van der Waals surface area contributed by atoms with Gasteiger partial charge in [-0.15, -0.1) is 0 Å². The van der Waals surface area contributed by atoms with E-state index in [2.05, 4.69) is 25.9 Å². The average molecular weight is 294 g/mol. The second kappa shape index (κ2) is 4.89. The number of hydrogen-bond donors (Lipinski definition) is 0. The number of nitrogens with zero attached hydrogens (tertiary/aromatic N) is 3. The Bertz CT molecular complexity index is 577. The minimum absolute atomic E-state index is 0.00144. The number of rotatable bonds is 2. The molecule has 1 heterocycles. The zero-order valence-electron chi connectivity index (χ0n) is 8.39. The number of aromatic nitrogens is 2. The molecule has 0 aliphatic heterocycles. The molecule has 1 aromatic heterocycles. The molecule has 0 atom stereocenters. The van der Waals surface area contributed by atoms with E-state index in [9.17, 15) is 4.39 Å². The van der Waals surface area contributed by atoms with Crippen LogP contribution in [0.1, 0.15) is 5.69 Å². The standard InChI is InChI=1S/C11H5BrFN3O/c12-7-3-8(13)5-10(4-7)17-11-15-2-1-9(6-14)16-11/h1-5H. The van der Waals surface area contributed by atoms with Crippen LogP contribution in [0.2, 0.25) is 0 Å². The van der Waals surface area contributed by atoms with Gasteiger partial charge in [-0.05, 0) is 18.2 Å². The molecule has 0 aliphatic rings. The zero-order valence-corrected chi connectivity index (χ0v) is 9.98. The van der Waals surface area contributed by atoms with Crippen molar-refractivity contribution in [3.05, 3.63) is 46.4 Å². The summed E-state index contributed by atoms with van der Waals surface area (Å²) in [5, 5.41) is 8.65. The van der Waals surface area contributed by atoms with Crippen LogP contribution in [0.5, 0.6) is 11.8 Å². The monoisotopic (exact) mass is 293 g/mol. The molecule has 84 valence electrons. The fourth-order valence-electron chi connectivity index (χ4n) is 1.15. The predicted octanol–water partition coefficient (Wildman–Crippen LogP) is 3.04. The first kappa shape index (κ1) is 11.5. The van der Waals surface area contributed by atoms with Gasteiger partial charge in [0.2, 0.25) is 0 Å². The van der Waals surface area contributed by atoms with Gasteiger partial charge in [0.25, 0.3) is 0 Å². The summed E-state index contributed by atoms with van der Waals surface area (Å²) in [6.07, 6.45) is 1.40. The highest BCUT2D eigenvalue weighted by Crippen LogP contribution is 2.23. The quantitative estimate of drug-likeness (QED) is 0.854. The number of benzene rings is 1. The summed E-state index contributed by atoms with van der Waals surface area (Å²) in [5.74, 6) is -0.183. The average Bonchev–Trinajstić information content (AvgIpc) is 2.28. The molecule has 0 amide bonds. The zero-order chi connectivity index (χ0) is 12.3. The van der Waals surface area contributed by atoms with Crippen LogP contribution in [-0.4, -0.2) is 9.97 Å². The molecule has 1 aromatic carbocycles. The summed E-state index contributed by atoms with van der Waals surface area (Å²) >= 11 is 3.14. The second-order valence-corrected chi connectivity index (χ2v) is 3.96. The van der Waals surface area contributed by atoms with Crippen molar-refractivity contribution in [3.8, 4) is 17.8 Å². The first-order valence-corrected chi connectivity index (χ1v) is 5.34. The minimum Gasteiger partial charge on any atom is -0.424 e. The summed E-state index contributed by atoms with van der Waals surface area (Å²) in [6, 6.07) is 7.40. The third-order valence-corrected chi connectivity index (χ3v) is 2.25. The highest BCUT2D eigenvalue weighted by molar-refractivity contribution is 9.10. The summed E-state index contributed by atoms with van der Waals surface area (Å²) in [4.78, 5) is 7.63. The van der Waals surface area contributed by atoms with Gasteiger partial charge in [-0.25, -0.2) is 9.37 Å². The van der Waals surface area contributed by atoms with Crippen LogP contribution in [0.25, 0.3) is 0 Å². The Morgan fingerprint density at radius 2 is 2.18 bits per heavy atom. The molecule has 6 heteroatoms. The molecule has 17 heavy (non-hydrogen) atoms. The van der Waals surface area contributed by atoms with Crippen molar-refractivity contribution in [1.82, 2.24) is 9.97 Å². The van der Waals surface area contributed by atoms with Gasteiger partial charge in [0, 0.05) is 16.7 Å². The number of nitriles is 1. The molecule has 2 rings (SSSR count). The lowest BCUT2D eigenvalue weighted by Gasteiger charge is -2.04. The highest BCUT2D eigenvalue weighted by atomic mass is 79.9. The molecule has 0 N–H and O–H groups in total. The lowest BCUT2D eigenvalue weighted by Crippen LogP contribution is -1.93. The molecule has 0 unspecified atom stereocenters. The normalized spacial score (nSPS) is 9.71. The summed E-state index contributed by atoms with van der Waals surface area (Å²) < 4.78 is 18.9. The Hall–Kier alpha value is -2.00. The van der Waals surface area contributed by atoms with E-state index in [4.69, 9.17) is 10.00 Å². The van der Waals surface area contributed by atoms with Crippen LogP contribution >= 0.6 is 15.9 Å². The van der Waals surface area contributed by atoms with Crippen LogP contribution in [-0.2, 0) is 0 Å². The van der Waals surface area contributed by atoms with Crippen molar-refractivity contribution in [1.29, 1.82) is 5.26 Å². The van der Waals surface area contributed by atoms with Gasteiger partial charge in [-0.1, -0.05) is 15.9 Å². The van der Waals surface area contributed by atoms with Gasteiger partial charge in [0.1, 0.15) is 23.3 Å². The Morgan fingerprint density at radius 3 is 2.88 bits per heavy atom. The molecular formula is C11H5BrFN3O. The number of halogens is 2. The molecular weight excluding hydrogens is 289 g/mol. The molecule has 4 nitrogen and oxygen atoms in total. The Morgan fingerprint density at radius 1 is 1.35 bits per heavy atom. The van der Waals surface area contributed by atoms with E-state index < -0.39 is 5.82 Å². The topological polar surface area (TPSA) is 58.8 Å². The van der Waals surface area contributed by atoms with Crippen LogP contribution in [0.4, 0.5) is 4.39 Å². The van der Waals surface area contributed by atoms with Crippen LogP contribution in [0.15, 0.2) is 34.9 Å². The predicted molar refractivity (Wildman–Crippen MR) is 60.9 cm³/mol. The number of hydrogen-bond acceptors (Lipinski definition) is 4. The Kier molecular flexibility index (Phi) is 3.30. The molecule has 0 bridgehead atoms. The van der Waals surface area contributed by atoms with E-state index in [1.54, 1.807) is 6.07 Å². The van der Waals surface area contributed by atoms with Crippen molar-refractivity contribution in [3.63, 3.8) is 0 Å². The third kappa shape index (κ3) is 2.98. The van der Waals surface area contributed by atoms with Crippen LogP contribution in [0, 0.1) is 17.1 Å². The van der Waals surface area contributed by atoms with E-state index in [1.807, 2.05) is 6.07 Å². The van der Waals surface area contributed by atoms with Crippen molar-refractivity contribution in [2.75, 3.05) is 0 Å². The van der Waals surface area contributed by atoms with Gasteiger partial charge in [0.15, 0.2) is 0 Å². The molecule has 2 aromatic rings. The smallest absolute Gasteiger partial charge is 0.323 e. The Balaban J connectivity index is 2.28. The maximum atomic E-state index is 13.1. The third-order valence-electron chi connectivity index (χ3n) is 1.79. The lowest BCUT2D eigenvalue weighted by atomic mass is 10.3. The van der Waals surface area contributed by atoms with E-state index in [0.29, 0.717) is 4.47 Å². The van der Waals surface area contributed by atoms with Crippen LogP contribution < -0.4 is 4.74 Å². The highest BCUT2D eigenvalue weighted by Gasteiger charge is 2.04. The van der Waals surface area contributed by atoms with Crippen LogP contribution in [0.3, 0.4) is 0 Å². The molecule has 0 aliphatic carbocycles. The van der Waals surface area contributed by atoms with E-state index in [-0.39, 0.29) is 17.5 Å². The fourth-order valence-corrected chi connectivity index (χ4v) is 1.59. The summed E-state index contributed by atoms with van der Waals surface area (Å²) in [5.41, 5.74) is 0.186. The molecule has 0 spiro atoms. The van der Waals surface area contributed by atoms with Gasteiger partial charge in [-0.3, -0.25) is 0 Å². The van der Waals surface area contributed by atoms with E-state index >= 15 is 0 Å². The first-order valence-electron chi connectivity index (χ1n) is 4.54. The second-order valence-electron chi connectivity index (χ2n) is 3.04. The van der Waals surface area contributed by atoms with Crippen molar-refractivity contribution >= 4 is 15.9 Å². The molecule has 0 fully saturated rings. The lowest BCUT2D eigenvalue weighted by molar-refractivity contribution is 0.437. The molecule has 0 saturated carbocycles. The fraction of sp³-hybridized carbons (Fsp3) is 0. The maximum absolute atomic E-state index is 13.1. The first-order chi connectivity index (χ1) is 8.17. The summed E-state index contributed by atoms with van der Waals surface area (Å²) in [6.45, 7) is 0. The Labute approximate surface area is 105 Å². The van der Waals surface area contributed by atoms with Gasteiger partial charge in [0.05, 0.1) is 0 Å². The minimum atomic E-state index is -0.439. The molecule has 0 saturated heterocycles. The van der Waals surface area contributed by atoms with Crippen molar-refractivity contribution in [2.24, 2.45) is 0 Å². The largest absolute Gasteiger partial charge is 0.424 e. The maximum Gasteiger partial charge on any atom is 0.323 e. The summed E-state index contributed by atoms with van der Waals surface area (Å²) in [7, 11) is 0. The van der Waals surface area contributed by atoms with E-state index in [0.717, 1.165) is 0 Å².